The third-order valence-electron chi connectivity index (χ3n) is 6.78. The van der Waals surface area contributed by atoms with Gasteiger partial charge in [-0.3, -0.25) is 5.84 Å². The van der Waals surface area contributed by atoms with Crippen LogP contribution < -0.4 is 26.4 Å². The number of benzene rings is 2. The van der Waals surface area contributed by atoms with Crippen molar-refractivity contribution >= 4 is 34.4 Å². The first kappa shape index (κ1) is 28.9. The van der Waals surface area contributed by atoms with Crippen LogP contribution in [-0.4, -0.2) is 69.7 Å². The van der Waals surface area contributed by atoms with Crippen LogP contribution in [0.4, 0.5) is 17.1 Å². The molecule has 9 nitrogen and oxygen atoms in total. The number of pyridine rings is 2. The van der Waals surface area contributed by atoms with Gasteiger partial charge in [-0.1, -0.05) is 24.3 Å². The van der Waals surface area contributed by atoms with Gasteiger partial charge in [0.15, 0.2) is 5.65 Å². The summed E-state index contributed by atoms with van der Waals surface area (Å²) in [5.74, 6) is 5.79. The van der Waals surface area contributed by atoms with E-state index < -0.39 is 0 Å². The smallest absolute Gasteiger partial charge is 0.159 e. The van der Waals surface area contributed by atoms with Crippen molar-refractivity contribution in [1.29, 1.82) is 0 Å². The van der Waals surface area contributed by atoms with E-state index in [0.29, 0.717) is 6.54 Å². The minimum Gasteiger partial charge on any atom is -0.388 e. The molecule has 4 N–H and O–H groups in total. The van der Waals surface area contributed by atoms with Gasteiger partial charge >= 0.3 is 0 Å². The second-order valence-corrected chi connectivity index (χ2v) is 9.74. The fourth-order valence-corrected chi connectivity index (χ4v) is 4.84. The molecule has 2 aromatic carbocycles. The van der Waals surface area contributed by atoms with Gasteiger partial charge in [-0.15, -0.1) is 0 Å². The Bertz CT molecular complexity index is 1370. The number of methoxy groups -OCH3 is 1. The van der Waals surface area contributed by atoms with Gasteiger partial charge in [-0.2, -0.15) is 0 Å². The maximum absolute atomic E-state index is 11.6. The lowest BCUT2D eigenvalue weighted by molar-refractivity contribution is -0.106. The number of nitrogens with two attached hydrogens (primary N) is 1. The molecule has 0 aliphatic carbocycles. The zero-order chi connectivity index (χ0) is 28.2. The zero-order valence-corrected chi connectivity index (χ0v) is 23.3. The highest BCUT2D eigenvalue weighted by atomic mass is 16.4. The maximum atomic E-state index is 11.6. The van der Waals surface area contributed by atoms with Gasteiger partial charge in [0.05, 0.1) is 12.2 Å². The van der Waals surface area contributed by atoms with E-state index in [9.17, 15) is 4.79 Å². The quantitative estimate of drug-likeness (QED) is 0.158. The van der Waals surface area contributed by atoms with Crippen LogP contribution in [0.1, 0.15) is 16.8 Å². The lowest BCUT2D eigenvalue weighted by Crippen LogP contribution is -2.43. The summed E-state index contributed by atoms with van der Waals surface area (Å²) in [5, 5.41) is 4.44. The number of hydrogen-bond donors (Lipinski definition) is 3. The fourth-order valence-electron chi connectivity index (χ4n) is 4.84. The molecule has 0 radical (unpaired) electrons. The first-order chi connectivity index (χ1) is 19.6. The molecule has 40 heavy (non-hydrogen) atoms. The topological polar surface area (TPSA) is 109 Å². The molecule has 0 bridgehead atoms. The number of fused-ring (bicyclic) bond motifs is 1. The van der Waals surface area contributed by atoms with Gasteiger partial charge in [0.1, 0.15) is 6.29 Å². The Hall–Kier alpha value is -4.05. The summed E-state index contributed by atoms with van der Waals surface area (Å²) in [6.07, 6.45) is 4.30. The fraction of sp³-hybridized carbons (Fsp3) is 0.323. The second kappa shape index (κ2) is 14.9. The van der Waals surface area contributed by atoms with Crippen molar-refractivity contribution in [2.24, 2.45) is 5.84 Å². The molecule has 1 aliphatic heterocycles. The first-order valence-electron chi connectivity index (χ1n) is 13.6. The third-order valence-corrected chi connectivity index (χ3v) is 6.78. The molecule has 3 heterocycles. The Morgan fingerprint density at radius 3 is 2.62 bits per heavy atom. The van der Waals surface area contributed by atoms with E-state index in [1.54, 1.807) is 20.4 Å². The van der Waals surface area contributed by atoms with Crippen molar-refractivity contribution < 1.29 is 9.53 Å². The van der Waals surface area contributed by atoms with Crippen LogP contribution in [0.15, 0.2) is 72.9 Å². The molecule has 0 atom stereocenters. The normalized spacial score (nSPS) is 12.9. The third kappa shape index (κ3) is 7.98. The summed E-state index contributed by atoms with van der Waals surface area (Å²) < 4.78 is 4.25. The molecule has 0 unspecified atom stereocenters. The number of hydrogen-bond acceptors (Lipinski definition) is 9. The van der Waals surface area contributed by atoms with Crippen molar-refractivity contribution in [1.82, 2.24) is 15.3 Å². The number of hydrazine groups is 1. The summed E-state index contributed by atoms with van der Waals surface area (Å²) in [5.41, 5.74) is 9.93. The molecule has 9 heteroatoms. The first-order valence-corrected chi connectivity index (χ1v) is 13.6. The molecule has 0 amide bonds. The largest absolute Gasteiger partial charge is 0.388 e. The van der Waals surface area contributed by atoms with Crippen LogP contribution in [0.5, 0.6) is 0 Å². The van der Waals surface area contributed by atoms with E-state index in [0.717, 1.165) is 85.6 Å². The van der Waals surface area contributed by atoms with Crippen LogP contribution in [0.3, 0.4) is 0 Å². The Kier molecular flexibility index (Phi) is 10.8. The maximum Gasteiger partial charge on any atom is 0.159 e. The number of carbonyl (C=O) groups excluding carboxylic acids is 1. The molecule has 210 valence electrons. The average molecular weight is 542 g/mol. The van der Waals surface area contributed by atoms with Crippen LogP contribution >= 0.6 is 0 Å². The average Bonchev–Trinajstić information content (AvgIpc) is 3.00. The van der Waals surface area contributed by atoms with E-state index in [1.807, 2.05) is 18.2 Å². The SMILES string of the molecule is COC.NNc1cc(N(CC=O)CCc2cccc(Cc3ccc4cccnc4n3)c2)cc(N2CCNCC2)c1. The number of piperazine rings is 1. The summed E-state index contributed by atoms with van der Waals surface area (Å²) in [4.78, 5) is 25.1. The number of aldehydes is 1. The molecule has 0 saturated carbocycles. The van der Waals surface area contributed by atoms with Crippen molar-refractivity contribution in [2.75, 3.05) is 68.7 Å². The Morgan fingerprint density at radius 2 is 1.85 bits per heavy atom. The molecule has 1 aliphatic rings. The number of anilines is 3. The summed E-state index contributed by atoms with van der Waals surface area (Å²) in [7, 11) is 3.25. The molecule has 5 rings (SSSR count). The number of nitrogens with one attached hydrogen (secondary N) is 2. The Labute approximate surface area is 236 Å². The number of ether oxygens (including phenoxy) is 1. The summed E-state index contributed by atoms with van der Waals surface area (Å²) in [6.45, 7) is 4.83. The van der Waals surface area contributed by atoms with Crippen LogP contribution in [-0.2, 0) is 22.4 Å². The van der Waals surface area contributed by atoms with Crippen LogP contribution in [0, 0.1) is 0 Å². The van der Waals surface area contributed by atoms with Crippen molar-refractivity contribution in [3.05, 3.63) is 89.7 Å². The summed E-state index contributed by atoms with van der Waals surface area (Å²) >= 11 is 0. The van der Waals surface area contributed by atoms with Gasteiger partial charge in [0, 0.05) is 82.0 Å². The molecule has 2 aromatic heterocycles. The van der Waals surface area contributed by atoms with Gasteiger partial charge in [0.25, 0.3) is 0 Å². The van der Waals surface area contributed by atoms with Gasteiger partial charge in [-0.25, -0.2) is 9.97 Å². The van der Waals surface area contributed by atoms with Gasteiger partial charge in [0.2, 0.25) is 0 Å². The lowest BCUT2D eigenvalue weighted by Gasteiger charge is -2.31. The number of rotatable bonds is 10. The summed E-state index contributed by atoms with van der Waals surface area (Å²) in [6, 6.07) is 22.9. The van der Waals surface area contributed by atoms with Crippen molar-refractivity contribution in [3.63, 3.8) is 0 Å². The Morgan fingerprint density at radius 1 is 1.05 bits per heavy atom. The molecule has 1 fully saturated rings. The van der Waals surface area contributed by atoms with E-state index in [1.165, 1.54) is 11.1 Å². The van der Waals surface area contributed by atoms with Crippen LogP contribution in [0.25, 0.3) is 11.0 Å². The van der Waals surface area contributed by atoms with Crippen LogP contribution in [0.2, 0.25) is 0 Å². The lowest BCUT2D eigenvalue weighted by atomic mass is 10.0. The van der Waals surface area contributed by atoms with E-state index in [2.05, 4.69) is 78.8 Å². The predicted molar refractivity (Wildman–Crippen MR) is 163 cm³/mol. The predicted octanol–water partition coefficient (Wildman–Crippen LogP) is 3.43. The number of carbonyl (C=O) groups is 1. The molecule has 4 aromatic rings. The van der Waals surface area contributed by atoms with Crippen molar-refractivity contribution in [3.8, 4) is 0 Å². The molecule has 0 spiro atoms. The molecular formula is C31H39N7O2. The second-order valence-electron chi connectivity index (χ2n) is 9.74. The Balaban J connectivity index is 0.00000118. The van der Waals surface area contributed by atoms with Crippen molar-refractivity contribution in [2.45, 2.75) is 12.8 Å². The highest BCUT2D eigenvalue weighted by molar-refractivity contribution is 5.74. The highest BCUT2D eigenvalue weighted by Gasteiger charge is 2.15. The number of nitrogens with zero attached hydrogens (tertiary/aromatic N) is 4. The highest BCUT2D eigenvalue weighted by Crippen LogP contribution is 2.28. The van der Waals surface area contributed by atoms with E-state index in [-0.39, 0.29) is 0 Å². The number of nitrogen functional groups attached to an aromatic ring is 1. The van der Waals surface area contributed by atoms with E-state index in [4.69, 9.17) is 10.8 Å². The molecular weight excluding hydrogens is 502 g/mol. The zero-order valence-electron chi connectivity index (χ0n) is 23.3. The number of aromatic nitrogens is 2. The monoisotopic (exact) mass is 541 g/mol. The minimum absolute atomic E-state index is 0.322. The standard InChI is InChI=1S/C29H33N7O.C2H6O/c30-34-26-19-27(21-28(20-26)36-13-10-31-11-14-36)35(15-16-37)12-8-22-3-1-4-23(17-22)18-25-7-6-24-5-2-9-32-29(24)33-25;1-3-2/h1-7,9,16-17,19-21,31,34H,8,10-15,18,30H2;1-2H3. The van der Waals surface area contributed by atoms with E-state index >= 15 is 0 Å². The minimum atomic E-state index is 0.322. The molecule has 1 saturated heterocycles. The van der Waals surface area contributed by atoms with Gasteiger partial charge in [-0.05, 0) is 60.0 Å². The van der Waals surface area contributed by atoms with Gasteiger partial charge < -0.3 is 30.1 Å².